The normalized spacial score (nSPS) is 17.1. The van der Waals surface area contributed by atoms with Crippen LogP contribution in [0.2, 0.25) is 0 Å². The zero-order chi connectivity index (χ0) is 26.8. The number of benzene rings is 2. The van der Waals surface area contributed by atoms with E-state index in [0.717, 1.165) is 16.7 Å². The molecule has 1 atom stereocenters. The van der Waals surface area contributed by atoms with Crippen LogP contribution in [-0.2, 0) is 17.8 Å². The minimum Gasteiger partial charge on any atom is -0.486 e. The number of hydrogen-bond donors (Lipinski definition) is 0. The molecule has 6 rings (SSSR count). The number of halogens is 1. The molecule has 0 unspecified atom stereocenters. The third-order valence-electron chi connectivity index (χ3n) is 6.96. The third kappa shape index (κ3) is 5.30. The van der Waals surface area contributed by atoms with Crippen LogP contribution < -0.4 is 4.74 Å². The first kappa shape index (κ1) is 25.3. The molecule has 10 heteroatoms. The van der Waals surface area contributed by atoms with Gasteiger partial charge in [0.1, 0.15) is 28.9 Å². The molecule has 2 aromatic heterocycles. The fraction of sp³-hybridized carbons (Fsp3) is 0.276. The molecule has 39 heavy (non-hydrogen) atoms. The van der Waals surface area contributed by atoms with Crippen LogP contribution in [0.1, 0.15) is 48.8 Å². The molecule has 2 amide bonds. The summed E-state index contributed by atoms with van der Waals surface area (Å²) >= 11 is 1.38. The lowest BCUT2D eigenvalue weighted by Gasteiger charge is -2.37. The van der Waals surface area contributed by atoms with Crippen molar-refractivity contribution >= 4 is 23.2 Å². The minimum absolute atomic E-state index is 0.0990. The molecule has 4 heterocycles. The summed E-state index contributed by atoms with van der Waals surface area (Å²) in [5, 5.41) is 2.44. The smallest absolute Gasteiger partial charge is 0.290 e. The summed E-state index contributed by atoms with van der Waals surface area (Å²) in [7, 11) is 0. The maximum atomic E-state index is 13.8. The topological polar surface area (TPSA) is 85.1 Å². The number of amides is 2. The standard InChI is InChI=1S/C29H26FN3O5S/c30-21-6-3-20(4-7-21)27-23-16-22(8-5-19(23)9-10-33(27)29(35)25-2-1-13-37-25)38-17-26-31-24(18-39-26)28(34)32-11-14-36-15-12-32/h1-8,13,16,18,27H,9-12,14-15,17H2/t27-/m1/s1. The summed E-state index contributed by atoms with van der Waals surface area (Å²) < 4.78 is 30.6. The number of nitrogens with zero attached hydrogens (tertiary/aromatic N) is 3. The van der Waals surface area contributed by atoms with Gasteiger partial charge in [-0.05, 0) is 59.5 Å². The zero-order valence-corrected chi connectivity index (χ0v) is 21.9. The monoisotopic (exact) mass is 547 g/mol. The number of rotatable bonds is 6. The second-order valence-corrected chi connectivity index (χ2v) is 10.3. The molecule has 0 saturated carbocycles. The highest BCUT2D eigenvalue weighted by Gasteiger charge is 2.34. The predicted octanol–water partition coefficient (Wildman–Crippen LogP) is 4.71. The Morgan fingerprint density at radius 3 is 2.64 bits per heavy atom. The number of aromatic nitrogens is 1. The Morgan fingerprint density at radius 2 is 1.87 bits per heavy atom. The van der Waals surface area contributed by atoms with E-state index in [-0.39, 0.29) is 30.0 Å². The fourth-order valence-electron chi connectivity index (χ4n) is 5.00. The first-order valence-electron chi connectivity index (χ1n) is 12.7. The number of furan rings is 1. The van der Waals surface area contributed by atoms with E-state index in [1.165, 1.54) is 29.7 Å². The maximum Gasteiger partial charge on any atom is 0.290 e. The van der Waals surface area contributed by atoms with Crippen LogP contribution in [0.5, 0.6) is 5.75 Å². The van der Waals surface area contributed by atoms with Crippen molar-refractivity contribution in [3.05, 3.63) is 105 Å². The summed E-state index contributed by atoms with van der Waals surface area (Å²) in [4.78, 5) is 34.1. The first-order chi connectivity index (χ1) is 19.1. The average molecular weight is 548 g/mol. The second-order valence-electron chi connectivity index (χ2n) is 9.36. The molecule has 0 aliphatic carbocycles. The molecule has 0 bridgehead atoms. The SMILES string of the molecule is O=C(c1csc(COc2ccc3c(c2)[C@@H](c2ccc(F)cc2)N(C(=O)c2ccco2)CC3)n1)N1CCOCC1. The Bertz CT molecular complexity index is 1460. The van der Waals surface area contributed by atoms with E-state index >= 15 is 0 Å². The van der Waals surface area contributed by atoms with Crippen LogP contribution >= 0.6 is 11.3 Å². The van der Waals surface area contributed by atoms with Crippen molar-refractivity contribution in [1.29, 1.82) is 0 Å². The molecule has 4 aromatic rings. The minimum atomic E-state index is -0.437. The van der Waals surface area contributed by atoms with Gasteiger partial charge in [0, 0.05) is 25.0 Å². The molecule has 0 radical (unpaired) electrons. The molecular weight excluding hydrogens is 521 g/mol. The van der Waals surface area contributed by atoms with E-state index in [4.69, 9.17) is 13.9 Å². The maximum absolute atomic E-state index is 13.8. The van der Waals surface area contributed by atoms with Crippen LogP contribution in [0.15, 0.2) is 70.7 Å². The summed E-state index contributed by atoms with van der Waals surface area (Å²) in [5.41, 5.74) is 3.20. The molecule has 1 saturated heterocycles. The van der Waals surface area contributed by atoms with Crippen LogP contribution in [0.25, 0.3) is 0 Å². The molecule has 8 nitrogen and oxygen atoms in total. The molecule has 2 aliphatic heterocycles. The Labute approximate surface area is 228 Å². The highest BCUT2D eigenvalue weighted by atomic mass is 32.1. The lowest BCUT2D eigenvalue weighted by atomic mass is 9.87. The van der Waals surface area contributed by atoms with Crippen molar-refractivity contribution in [1.82, 2.24) is 14.8 Å². The second kappa shape index (κ2) is 11.0. The van der Waals surface area contributed by atoms with Crippen LogP contribution in [-0.4, -0.2) is 59.4 Å². The highest BCUT2D eigenvalue weighted by molar-refractivity contribution is 7.09. The van der Waals surface area contributed by atoms with Crippen LogP contribution in [0, 0.1) is 5.82 Å². The van der Waals surface area contributed by atoms with Crippen LogP contribution in [0.3, 0.4) is 0 Å². The quantitative estimate of drug-likeness (QED) is 0.348. The van der Waals surface area contributed by atoms with Gasteiger partial charge in [0.15, 0.2) is 5.76 Å². The average Bonchev–Trinajstić information content (AvgIpc) is 3.69. The lowest BCUT2D eigenvalue weighted by Crippen LogP contribution is -2.40. The van der Waals surface area contributed by atoms with Gasteiger partial charge in [-0.1, -0.05) is 18.2 Å². The molecule has 200 valence electrons. The van der Waals surface area contributed by atoms with Crippen molar-refractivity contribution in [2.75, 3.05) is 32.8 Å². The van der Waals surface area contributed by atoms with E-state index in [9.17, 15) is 14.0 Å². The Balaban J connectivity index is 1.23. The van der Waals surface area contributed by atoms with Gasteiger partial charge in [-0.3, -0.25) is 9.59 Å². The summed E-state index contributed by atoms with van der Waals surface area (Å²) in [5.74, 6) is 0.198. The predicted molar refractivity (Wildman–Crippen MR) is 141 cm³/mol. The molecular formula is C29H26FN3O5S. The number of thiazole rings is 1. The third-order valence-corrected chi connectivity index (χ3v) is 7.78. The molecule has 0 N–H and O–H groups in total. The Kier molecular flexibility index (Phi) is 7.12. The van der Waals surface area contributed by atoms with Crippen molar-refractivity contribution in [3.63, 3.8) is 0 Å². The summed E-state index contributed by atoms with van der Waals surface area (Å²) in [6.45, 7) is 2.89. The summed E-state index contributed by atoms with van der Waals surface area (Å²) in [6.07, 6.45) is 2.14. The van der Waals surface area contributed by atoms with Gasteiger partial charge in [0.05, 0.1) is 25.5 Å². The van der Waals surface area contributed by atoms with E-state index in [2.05, 4.69) is 4.98 Å². The van der Waals surface area contributed by atoms with E-state index in [1.807, 2.05) is 18.2 Å². The Morgan fingerprint density at radius 1 is 1.05 bits per heavy atom. The number of carbonyl (C=O) groups excluding carboxylic acids is 2. The molecule has 0 spiro atoms. The number of morpholine rings is 1. The van der Waals surface area contributed by atoms with Crippen LogP contribution in [0.4, 0.5) is 4.39 Å². The van der Waals surface area contributed by atoms with Gasteiger partial charge in [-0.2, -0.15) is 0 Å². The molecule has 1 fully saturated rings. The molecule has 2 aromatic carbocycles. The number of fused-ring (bicyclic) bond motifs is 1. The van der Waals surface area contributed by atoms with Crippen molar-refractivity contribution < 1.29 is 27.9 Å². The van der Waals surface area contributed by atoms with Gasteiger partial charge < -0.3 is 23.7 Å². The van der Waals surface area contributed by atoms with Gasteiger partial charge in [0.2, 0.25) is 0 Å². The largest absolute Gasteiger partial charge is 0.486 e. The lowest BCUT2D eigenvalue weighted by molar-refractivity contribution is 0.0299. The zero-order valence-electron chi connectivity index (χ0n) is 21.0. The van der Waals surface area contributed by atoms with Crippen molar-refractivity contribution in [2.24, 2.45) is 0 Å². The van der Waals surface area contributed by atoms with Gasteiger partial charge >= 0.3 is 0 Å². The van der Waals surface area contributed by atoms with Gasteiger partial charge in [0.25, 0.3) is 11.8 Å². The van der Waals surface area contributed by atoms with Gasteiger partial charge in [-0.15, -0.1) is 11.3 Å². The number of ether oxygens (including phenoxy) is 2. The van der Waals surface area contributed by atoms with E-state index < -0.39 is 6.04 Å². The van der Waals surface area contributed by atoms with E-state index in [0.29, 0.717) is 55.7 Å². The number of carbonyl (C=O) groups is 2. The molecule has 2 aliphatic rings. The van der Waals surface area contributed by atoms with E-state index in [1.54, 1.807) is 39.4 Å². The Hall–Kier alpha value is -4.02. The fourth-order valence-corrected chi connectivity index (χ4v) is 5.68. The highest BCUT2D eigenvalue weighted by Crippen LogP contribution is 2.38. The summed E-state index contributed by atoms with van der Waals surface area (Å²) in [6, 6.07) is 14.9. The van der Waals surface area contributed by atoms with Crippen molar-refractivity contribution in [2.45, 2.75) is 19.1 Å². The number of hydrogen-bond acceptors (Lipinski definition) is 7. The first-order valence-corrected chi connectivity index (χ1v) is 13.6. The van der Waals surface area contributed by atoms with Gasteiger partial charge in [-0.25, -0.2) is 9.37 Å². The van der Waals surface area contributed by atoms with Crippen molar-refractivity contribution in [3.8, 4) is 5.75 Å².